The van der Waals surface area contributed by atoms with Crippen molar-refractivity contribution in [1.82, 2.24) is 19.9 Å². The lowest BCUT2D eigenvalue weighted by Gasteiger charge is -2.33. The molecule has 0 unspecified atom stereocenters. The third-order valence-electron chi connectivity index (χ3n) is 5.34. The molecule has 0 saturated carbocycles. The fourth-order valence-electron chi connectivity index (χ4n) is 3.55. The van der Waals surface area contributed by atoms with Gasteiger partial charge in [0.1, 0.15) is 17.3 Å². The second-order valence-corrected chi connectivity index (χ2v) is 7.51. The topological polar surface area (TPSA) is 63.9 Å². The number of rotatable bonds is 9. The summed E-state index contributed by atoms with van der Waals surface area (Å²) < 4.78 is 29.2. The zero-order chi connectivity index (χ0) is 21.5. The van der Waals surface area contributed by atoms with Gasteiger partial charge in [-0.1, -0.05) is 5.16 Å². The minimum atomic E-state index is -0.247. The molecule has 7 nitrogen and oxygen atoms in total. The molecule has 4 rings (SSSR count). The van der Waals surface area contributed by atoms with Gasteiger partial charge in [-0.2, -0.15) is 4.98 Å². The van der Waals surface area contributed by atoms with Gasteiger partial charge in [0.2, 0.25) is 11.7 Å². The molecule has 1 saturated heterocycles. The fraction of sp³-hybridized carbons (Fsp3) is 0.391. The first-order valence-electron chi connectivity index (χ1n) is 10.5. The zero-order valence-electron chi connectivity index (χ0n) is 17.7. The molecular formula is C23H27FN4O3. The van der Waals surface area contributed by atoms with Crippen LogP contribution in [0.25, 0.3) is 11.4 Å². The summed E-state index contributed by atoms with van der Waals surface area (Å²) in [6.45, 7) is 6.17. The smallest absolute Gasteiger partial charge is 0.241 e. The van der Waals surface area contributed by atoms with Crippen LogP contribution < -0.4 is 9.47 Å². The monoisotopic (exact) mass is 426 g/mol. The molecule has 0 aliphatic carbocycles. The Hall–Kier alpha value is -2.97. The summed E-state index contributed by atoms with van der Waals surface area (Å²) in [5, 5.41) is 4.10. The Labute approximate surface area is 181 Å². The molecule has 2 aromatic carbocycles. The van der Waals surface area contributed by atoms with Gasteiger partial charge in [-0.15, -0.1) is 0 Å². The molecular weight excluding hydrogens is 399 g/mol. The SMILES string of the molecule is COc1ccc(-c2noc(CN3CCN(CCCOc4ccc(F)cc4)CC3)n2)cc1. The van der Waals surface area contributed by atoms with E-state index in [-0.39, 0.29) is 5.82 Å². The summed E-state index contributed by atoms with van der Waals surface area (Å²) in [7, 11) is 1.64. The van der Waals surface area contributed by atoms with Crippen molar-refractivity contribution in [3.63, 3.8) is 0 Å². The largest absolute Gasteiger partial charge is 0.497 e. The van der Waals surface area contributed by atoms with Crippen LogP contribution in [-0.4, -0.2) is 66.4 Å². The van der Waals surface area contributed by atoms with E-state index in [1.54, 1.807) is 19.2 Å². The molecule has 0 N–H and O–H groups in total. The average molecular weight is 426 g/mol. The molecule has 1 aliphatic rings. The van der Waals surface area contributed by atoms with Crippen molar-refractivity contribution in [1.29, 1.82) is 0 Å². The fourth-order valence-corrected chi connectivity index (χ4v) is 3.55. The first-order chi connectivity index (χ1) is 15.2. The second-order valence-electron chi connectivity index (χ2n) is 7.51. The van der Waals surface area contributed by atoms with Crippen LogP contribution in [-0.2, 0) is 6.54 Å². The van der Waals surface area contributed by atoms with Gasteiger partial charge < -0.3 is 18.9 Å². The van der Waals surface area contributed by atoms with Gasteiger partial charge in [-0.25, -0.2) is 4.39 Å². The molecule has 31 heavy (non-hydrogen) atoms. The summed E-state index contributed by atoms with van der Waals surface area (Å²) in [4.78, 5) is 9.29. The maximum absolute atomic E-state index is 12.9. The van der Waals surface area contributed by atoms with Crippen molar-refractivity contribution in [3.8, 4) is 22.9 Å². The van der Waals surface area contributed by atoms with Gasteiger partial charge in [0, 0.05) is 38.3 Å². The van der Waals surface area contributed by atoms with Gasteiger partial charge in [0.05, 0.1) is 20.3 Å². The van der Waals surface area contributed by atoms with E-state index in [1.165, 1.54) is 12.1 Å². The Morgan fingerprint density at radius 3 is 2.32 bits per heavy atom. The van der Waals surface area contributed by atoms with Crippen LogP contribution in [0.15, 0.2) is 53.1 Å². The predicted octanol–water partition coefficient (Wildman–Crippen LogP) is 3.47. The number of aromatic nitrogens is 2. The summed E-state index contributed by atoms with van der Waals surface area (Å²) in [6, 6.07) is 13.8. The van der Waals surface area contributed by atoms with Gasteiger partial charge in [0.25, 0.3) is 0 Å². The number of piperazine rings is 1. The van der Waals surface area contributed by atoms with Crippen LogP contribution in [0.5, 0.6) is 11.5 Å². The lowest BCUT2D eigenvalue weighted by Crippen LogP contribution is -2.46. The second kappa shape index (κ2) is 10.4. The maximum Gasteiger partial charge on any atom is 0.241 e. The Morgan fingerprint density at radius 2 is 1.61 bits per heavy atom. The van der Waals surface area contributed by atoms with Crippen molar-refractivity contribution in [2.24, 2.45) is 0 Å². The van der Waals surface area contributed by atoms with Gasteiger partial charge in [0.15, 0.2) is 0 Å². The normalized spacial score (nSPS) is 15.2. The minimum Gasteiger partial charge on any atom is -0.497 e. The molecule has 8 heteroatoms. The van der Waals surface area contributed by atoms with E-state index in [1.807, 2.05) is 24.3 Å². The average Bonchev–Trinajstić information content (AvgIpc) is 3.27. The first-order valence-corrected chi connectivity index (χ1v) is 10.5. The van der Waals surface area contributed by atoms with Crippen molar-refractivity contribution < 1.29 is 18.4 Å². The lowest BCUT2D eigenvalue weighted by molar-refractivity contribution is 0.112. The predicted molar refractivity (Wildman–Crippen MR) is 115 cm³/mol. The summed E-state index contributed by atoms with van der Waals surface area (Å²) in [5.74, 6) is 2.49. The first kappa shape index (κ1) is 21.3. The van der Waals surface area contributed by atoms with E-state index in [0.717, 1.165) is 50.5 Å². The number of hydrogen-bond donors (Lipinski definition) is 0. The molecule has 1 aromatic heterocycles. The lowest BCUT2D eigenvalue weighted by atomic mass is 10.2. The standard InChI is InChI=1S/C23H27FN4O3/c1-29-20-7-3-18(4-8-20)23-25-22(31-26-23)17-28-14-12-27(13-15-28)11-2-16-30-21-9-5-19(24)6-10-21/h3-10H,2,11-17H2,1H3. The molecule has 0 atom stereocenters. The van der Waals surface area contributed by atoms with Crippen molar-refractivity contribution >= 4 is 0 Å². The Kier molecular flexibility index (Phi) is 7.11. The molecule has 0 spiro atoms. The van der Waals surface area contributed by atoms with Crippen LogP contribution >= 0.6 is 0 Å². The van der Waals surface area contributed by atoms with Gasteiger partial charge >= 0.3 is 0 Å². The van der Waals surface area contributed by atoms with E-state index in [2.05, 4.69) is 19.9 Å². The maximum atomic E-state index is 12.9. The molecule has 0 radical (unpaired) electrons. The summed E-state index contributed by atoms with van der Waals surface area (Å²) in [5.41, 5.74) is 0.906. The van der Waals surface area contributed by atoms with E-state index >= 15 is 0 Å². The minimum absolute atomic E-state index is 0.247. The molecule has 1 fully saturated rings. The molecule has 2 heterocycles. The van der Waals surface area contributed by atoms with Crippen molar-refractivity contribution in [3.05, 3.63) is 60.2 Å². The van der Waals surface area contributed by atoms with Gasteiger partial charge in [-0.3, -0.25) is 4.90 Å². The highest BCUT2D eigenvalue weighted by Gasteiger charge is 2.19. The molecule has 3 aromatic rings. The van der Waals surface area contributed by atoms with Crippen LogP contribution in [0.2, 0.25) is 0 Å². The highest BCUT2D eigenvalue weighted by Crippen LogP contribution is 2.20. The Balaban J connectivity index is 1.16. The number of nitrogens with zero attached hydrogens (tertiary/aromatic N) is 4. The zero-order valence-corrected chi connectivity index (χ0v) is 17.7. The van der Waals surface area contributed by atoms with E-state index in [0.29, 0.717) is 30.6 Å². The van der Waals surface area contributed by atoms with Crippen LogP contribution in [0.1, 0.15) is 12.3 Å². The quantitative estimate of drug-likeness (QED) is 0.486. The van der Waals surface area contributed by atoms with Crippen molar-refractivity contribution in [2.45, 2.75) is 13.0 Å². The number of hydrogen-bond acceptors (Lipinski definition) is 7. The Bertz CT molecular complexity index is 938. The molecule has 1 aliphatic heterocycles. The number of methoxy groups -OCH3 is 1. The third kappa shape index (κ3) is 6.02. The highest BCUT2D eigenvalue weighted by atomic mass is 19.1. The van der Waals surface area contributed by atoms with Crippen LogP contribution in [0.4, 0.5) is 4.39 Å². The molecule has 0 bridgehead atoms. The third-order valence-corrected chi connectivity index (χ3v) is 5.34. The highest BCUT2D eigenvalue weighted by molar-refractivity contribution is 5.55. The van der Waals surface area contributed by atoms with Gasteiger partial charge in [-0.05, 0) is 55.0 Å². The van der Waals surface area contributed by atoms with Crippen molar-refractivity contribution in [2.75, 3.05) is 46.4 Å². The number of ether oxygens (including phenoxy) is 2. The Morgan fingerprint density at radius 1 is 0.935 bits per heavy atom. The molecule has 0 amide bonds. The number of halogens is 1. The van der Waals surface area contributed by atoms with Crippen LogP contribution in [0, 0.1) is 5.82 Å². The van der Waals surface area contributed by atoms with E-state index < -0.39 is 0 Å². The summed E-state index contributed by atoms with van der Waals surface area (Å²) >= 11 is 0. The van der Waals surface area contributed by atoms with Crippen LogP contribution in [0.3, 0.4) is 0 Å². The van der Waals surface area contributed by atoms with E-state index in [9.17, 15) is 4.39 Å². The summed E-state index contributed by atoms with van der Waals surface area (Å²) in [6.07, 6.45) is 0.937. The van der Waals surface area contributed by atoms with E-state index in [4.69, 9.17) is 14.0 Å². The number of benzene rings is 2. The molecule has 164 valence electrons.